The van der Waals surface area contributed by atoms with Crippen LogP contribution in [0.2, 0.25) is 10.0 Å². The number of fused-ring (bicyclic) bond motifs is 1. The number of carbonyl (C=O) groups is 1. The van der Waals surface area contributed by atoms with Crippen molar-refractivity contribution in [2.24, 2.45) is 0 Å². The van der Waals surface area contributed by atoms with Crippen LogP contribution in [-0.2, 0) is 0 Å². The number of aromatic nitrogens is 5. The van der Waals surface area contributed by atoms with E-state index in [0.29, 0.717) is 45.9 Å². The summed E-state index contributed by atoms with van der Waals surface area (Å²) in [6.07, 6.45) is -0.292. The predicted molar refractivity (Wildman–Crippen MR) is 141 cm³/mol. The van der Waals surface area contributed by atoms with Crippen molar-refractivity contribution in [1.29, 1.82) is 0 Å². The minimum Gasteiger partial charge on any atom is -0.383 e. The second-order valence-corrected chi connectivity index (χ2v) is 9.33. The van der Waals surface area contributed by atoms with Crippen molar-refractivity contribution in [3.8, 4) is 11.3 Å². The maximum Gasteiger partial charge on any atom is 0.455 e. The molecule has 3 N–H and O–H groups in total. The molecule has 1 aromatic carbocycles. The SMILES string of the molecule is Cl.Nc1nc(NC2CCCN(c3nc(-c4ccc(Cl)cc4Cl)cn4ncnc34)C2)ccc1C(=O)C(F)(F)F. The number of alkyl halides is 3. The molecule has 1 saturated heterocycles. The number of hydrogen-bond acceptors (Lipinski definition) is 8. The number of rotatable bonds is 5. The molecule has 0 bridgehead atoms. The zero-order valence-electron chi connectivity index (χ0n) is 19.4. The minimum absolute atomic E-state index is 0. The van der Waals surface area contributed by atoms with E-state index in [4.69, 9.17) is 33.9 Å². The minimum atomic E-state index is -5.03. The van der Waals surface area contributed by atoms with Crippen LogP contribution in [0.25, 0.3) is 16.9 Å². The normalized spacial score (nSPS) is 15.8. The van der Waals surface area contributed by atoms with Crippen LogP contribution in [0.3, 0.4) is 0 Å². The molecule has 1 atom stereocenters. The zero-order chi connectivity index (χ0) is 26.3. The topological polar surface area (TPSA) is 114 Å². The molecule has 0 radical (unpaired) electrons. The molecule has 200 valence electrons. The van der Waals surface area contributed by atoms with Crippen LogP contribution in [0, 0.1) is 0 Å². The number of halogens is 6. The summed E-state index contributed by atoms with van der Waals surface area (Å²) >= 11 is 12.5. The maximum atomic E-state index is 12.8. The van der Waals surface area contributed by atoms with Crippen LogP contribution in [0.4, 0.5) is 30.6 Å². The monoisotopic (exact) mass is 586 g/mol. The summed E-state index contributed by atoms with van der Waals surface area (Å²) in [6, 6.07) is 7.36. The van der Waals surface area contributed by atoms with Crippen LogP contribution in [0.1, 0.15) is 23.2 Å². The first-order valence-electron chi connectivity index (χ1n) is 11.2. The summed E-state index contributed by atoms with van der Waals surface area (Å²) in [5.74, 6) is -1.65. The molecular weight excluding hydrogens is 568 g/mol. The van der Waals surface area contributed by atoms with E-state index in [1.165, 1.54) is 12.4 Å². The van der Waals surface area contributed by atoms with Gasteiger partial charge in [0.15, 0.2) is 11.5 Å². The fourth-order valence-electron chi connectivity index (χ4n) is 4.25. The third-order valence-electron chi connectivity index (χ3n) is 5.95. The lowest BCUT2D eigenvalue weighted by Crippen LogP contribution is -2.43. The van der Waals surface area contributed by atoms with Crippen LogP contribution in [0.5, 0.6) is 0 Å². The number of benzene rings is 1. The zero-order valence-corrected chi connectivity index (χ0v) is 21.7. The molecule has 5 rings (SSSR count). The standard InChI is InChI=1S/C23H19Cl2F3N8O.ClH/c24-12-3-4-14(16(25)8-12)17-10-36-21(30-11-31-36)22(33-17)35-7-1-2-13(9-35)32-18-6-5-15(20(29)34-18)19(37)23(26,27)28;/h3-6,8,10-11,13H,1-2,7,9H2,(H3,29,32,34);1H. The second-order valence-electron chi connectivity index (χ2n) is 8.49. The van der Waals surface area contributed by atoms with Crippen molar-refractivity contribution in [3.05, 3.63) is 58.5 Å². The first kappa shape index (κ1) is 27.7. The van der Waals surface area contributed by atoms with Gasteiger partial charge in [0.2, 0.25) is 0 Å². The van der Waals surface area contributed by atoms with Gasteiger partial charge in [0.25, 0.3) is 5.78 Å². The predicted octanol–water partition coefficient (Wildman–Crippen LogP) is 5.32. The van der Waals surface area contributed by atoms with Crippen LogP contribution in [-0.4, -0.2) is 55.7 Å². The molecule has 1 fully saturated rings. The van der Waals surface area contributed by atoms with Crippen LogP contribution in [0.15, 0.2) is 42.9 Å². The van der Waals surface area contributed by atoms with E-state index in [0.717, 1.165) is 18.9 Å². The number of anilines is 3. The van der Waals surface area contributed by atoms with E-state index in [-0.39, 0.29) is 24.3 Å². The maximum absolute atomic E-state index is 12.8. The van der Waals surface area contributed by atoms with Gasteiger partial charge in [-0.2, -0.15) is 18.3 Å². The highest BCUT2D eigenvalue weighted by molar-refractivity contribution is 6.36. The largest absolute Gasteiger partial charge is 0.455 e. The number of nitrogens with two attached hydrogens (primary N) is 1. The van der Waals surface area contributed by atoms with E-state index in [1.54, 1.807) is 28.9 Å². The van der Waals surface area contributed by atoms with Crippen molar-refractivity contribution in [2.75, 3.05) is 29.0 Å². The number of Topliss-reactive ketones (excluding diaryl/α,β-unsaturated/α-hetero) is 1. The van der Waals surface area contributed by atoms with E-state index < -0.39 is 23.3 Å². The van der Waals surface area contributed by atoms with Crippen LogP contribution >= 0.6 is 35.6 Å². The molecule has 4 aromatic rings. The Kier molecular flexibility index (Phi) is 7.86. The molecule has 15 heteroatoms. The number of piperidine rings is 1. The Morgan fingerprint density at radius 2 is 1.95 bits per heavy atom. The number of pyridine rings is 1. The Balaban J connectivity index is 0.00000336. The van der Waals surface area contributed by atoms with Gasteiger partial charge in [0.1, 0.15) is 18.0 Å². The Morgan fingerprint density at radius 1 is 1.16 bits per heavy atom. The molecule has 9 nitrogen and oxygen atoms in total. The molecule has 1 aliphatic heterocycles. The molecule has 1 aliphatic rings. The number of ketones is 1. The first-order chi connectivity index (χ1) is 17.6. The van der Waals surface area contributed by atoms with Crippen molar-refractivity contribution in [1.82, 2.24) is 24.6 Å². The second kappa shape index (κ2) is 10.8. The molecule has 0 aliphatic carbocycles. The van der Waals surface area contributed by atoms with Crippen molar-refractivity contribution in [3.63, 3.8) is 0 Å². The molecule has 4 heterocycles. The molecule has 0 amide bonds. The quantitative estimate of drug-likeness (QED) is 0.302. The average Bonchev–Trinajstić information content (AvgIpc) is 3.31. The fraction of sp³-hybridized carbons (Fsp3) is 0.261. The van der Waals surface area contributed by atoms with E-state index in [1.807, 2.05) is 4.90 Å². The third kappa shape index (κ3) is 5.57. The van der Waals surface area contributed by atoms with Gasteiger partial charge < -0.3 is 16.0 Å². The Labute approximate surface area is 230 Å². The van der Waals surface area contributed by atoms with Gasteiger partial charge in [0, 0.05) is 29.7 Å². The smallest absolute Gasteiger partial charge is 0.383 e. The lowest BCUT2D eigenvalue weighted by molar-refractivity contribution is -0.0884. The molecular formula is C23H20Cl3F3N8O. The average molecular weight is 588 g/mol. The van der Waals surface area contributed by atoms with E-state index >= 15 is 0 Å². The lowest BCUT2D eigenvalue weighted by Gasteiger charge is -2.34. The van der Waals surface area contributed by atoms with Gasteiger partial charge >= 0.3 is 6.18 Å². The summed E-state index contributed by atoms with van der Waals surface area (Å²) in [5, 5.41) is 8.41. The summed E-state index contributed by atoms with van der Waals surface area (Å²) in [6.45, 7) is 1.19. The van der Waals surface area contributed by atoms with E-state index in [9.17, 15) is 18.0 Å². The Bertz CT molecular complexity index is 1500. The third-order valence-corrected chi connectivity index (χ3v) is 6.50. The highest BCUT2D eigenvalue weighted by Crippen LogP contribution is 2.32. The van der Waals surface area contributed by atoms with Gasteiger partial charge in [-0.1, -0.05) is 23.2 Å². The fourth-order valence-corrected chi connectivity index (χ4v) is 4.75. The molecule has 38 heavy (non-hydrogen) atoms. The lowest BCUT2D eigenvalue weighted by atomic mass is 10.1. The van der Waals surface area contributed by atoms with Gasteiger partial charge in [-0.15, -0.1) is 12.4 Å². The summed E-state index contributed by atoms with van der Waals surface area (Å²) in [7, 11) is 0. The molecule has 1 unspecified atom stereocenters. The van der Waals surface area contributed by atoms with Crippen molar-refractivity contribution < 1.29 is 18.0 Å². The van der Waals surface area contributed by atoms with Gasteiger partial charge in [-0.25, -0.2) is 19.5 Å². The molecule has 0 spiro atoms. The number of nitrogen functional groups attached to an aromatic ring is 1. The van der Waals surface area contributed by atoms with Gasteiger partial charge in [0.05, 0.1) is 22.5 Å². The van der Waals surface area contributed by atoms with Crippen LogP contribution < -0.4 is 16.0 Å². The highest BCUT2D eigenvalue weighted by Gasteiger charge is 2.40. The van der Waals surface area contributed by atoms with Gasteiger partial charge in [-0.05, 0) is 43.2 Å². The molecule has 0 saturated carbocycles. The Hall–Kier alpha value is -3.35. The number of nitrogens with zero attached hydrogens (tertiary/aromatic N) is 6. The van der Waals surface area contributed by atoms with E-state index in [2.05, 4.69) is 20.4 Å². The summed E-state index contributed by atoms with van der Waals surface area (Å²) in [5.41, 5.74) is 6.81. The van der Waals surface area contributed by atoms with Crippen molar-refractivity contribution in [2.45, 2.75) is 25.1 Å². The summed E-state index contributed by atoms with van der Waals surface area (Å²) < 4.78 is 39.9. The number of carbonyl (C=O) groups excluding carboxylic acids is 1. The first-order valence-corrected chi connectivity index (χ1v) is 11.9. The number of hydrogen-bond donors (Lipinski definition) is 2. The van der Waals surface area contributed by atoms with Gasteiger partial charge in [-0.3, -0.25) is 4.79 Å². The Morgan fingerprint density at radius 3 is 2.66 bits per heavy atom. The number of nitrogens with one attached hydrogen (secondary N) is 1. The molecule has 3 aromatic heterocycles. The van der Waals surface area contributed by atoms with Crippen molar-refractivity contribution >= 4 is 64.5 Å². The highest BCUT2D eigenvalue weighted by atomic mass is 35.5. The summed E-state index contributed by atoms with van der Waals surface area (Å²) in [4.78, 5) is 26.7.